The first kappa shape index (κ1) is 28.1. The number of carbonyl (C=O) groups is 4. The number of carbonyl (C=O) groups excluding carboxylic acids is 3. The van der Waals surface area contributed by atoms with Crippen LogP contribution in [-0.2, 0) is 25.6 Å². The zero-order chi connectivity index (χ0) is 24.8. The molecule has 1 rings (SSSR count). The van der Waals surface area contributed by atoms with Crippen molar-refractivity contribution in [2.45, 2.75) is 64.1 Å². The average molecular weight is 464 g/mol. The van der Waals surface area contributed by atoms with Crippen LogP contribution in [-0.4, -0.2) is 60.0 Å². The van der Waals surface area contributed by atoms with Crippen LogP contribution < -0.4 is 27.4 Å². The molecule has 8 N–H and O–H groups in total. The molecule has 0 saturated carbocycles. The Morgan fingerprint density at radius 2 is 1.67 bits per heavy atom. The fraction of sp³-hybridized carbons (Fsp3) is 0.565. The molecule has 184 valence electrons. The molecule has 0 aromatic heterocycles. The molecule has 1 aromatic carbocycles. The second-order valence-corrected chi connectivity index (χ2v) is 8.13. The first-order valence-electron chi connectivity index (χ1n) is 11.3. The van der Waals surface area contributed by atoms with Crippen molar-refractivity contribution in [1.29, 1.82) is 0 Å². The van der Waals surface area contributed by atoms with Gasteiger partial charge in [-0.25, -0.2) is 0 Å². The molecule has 33 heavy (non-hydrogen) atoms. The molecule has 0 bridgehead atoms. The van der Waals surface area contributed by atoms with Gasteiger partial charge >= 0.3 is 5.97 Å². The smallest absolute Gasteiger partial charge is 0.322 e. The van der Waals surface area contributed by atoms with Gasteiger partial charge in [0.15, 0.2) is 0 Å². The van der Waals surface area contributed by atoms with E-state index in [4.69, 9.17) is 16.6 Å². The van der Waals surface area contributed by atoms with Crippen LogP contribution in [0, 0.1) is 5.92 Å². The number of carboxylic acid groups (broad SMARTS) is 1. The Kier molecular flexibility index (Phi) is 12.7. The van der Waals surface area contributed by atoms with Crippen molar-refractivity contribution in [3.63, 3.8) is 0 Å². The maximum atomic E-state index is 13.1. The van der Waals surface area contributed by atoms with Gasteiger partial charge in [0.25, 0.3) is 0 Å². The molecule has 0 aliphatic heterocycles. The third-order valence-corrected chi connectivity index (χ3v) is 5.43. The van der Waals surface area contributed by atoms with Crippen molar-refractivity contribution in [2.24, 2.45) is 17.4 Å². The number of benzene rings is 1. The second-order valence-electron chi connectivity index (χ2n) is 8.13. The number of unbranched alkanes of at least 4 members (excludes halogenated alkanes) is 1. The first-order chi connectivity index (χ1) is 15.7. The van der Waals surface area contributed by atoms with E-state index in [1.165, 1.54) is 0 Å². The van der Waals surface area contributed by atoms with Gasteiger partial charge in [-0.3, -0.25) is 19.2 Å². The molecule has 10 nitrogen and oxygen atoms in total. The lowest BCUT2D eigenvalue weighted by molar-refractivity contribution is -0.138. The van der Waals surface area contributed by atoms with Crippen LogP contribution in [0.5, 0.6) is 0 Å². The Hall–Kier alpha value is -2.98. The summed E-state index contributed by atoms with van der Waals surface area (Å²) in [5.41, 5.74) is 12.2. The van der Waals surface area contributed by atoms with Crippen molar-refractivity contribution < 1.29 is 24.3 Å². The van der Waals surface area contributed by atoms with E-state index in [-0.39, 0.29) is 12.3 Å². The fourth-order valence-electron chi connectivity index (χ4n) is 3.21. The summed E-state index contributed by atoms with van der Waals surface area (Å²) >= 11 is 0. The Balaban J connectivity index is 2.95. The van der Waals surface area contributed by atoms with E-state index >= 15 is 0 Å². The lowest BCUT2D eigenvalue weighted by Crippen LogP contribution is -2.58. The highest BCUT2D eigenvalue weighted by Gasteiger charge is 2.31. The number of hydrogen-bond donors (Lipinski definition) is 6. The minimum atomic E-state index is -1.19. The lowest BCUT2D eigenvalue weighted by Gasteiger charge is -2.27. The van der Waals surface area contributed by atoms with Crippen molar-refractivity contribution in [2.75, 3.05) is 13.1 Å². The molecule has 0 spiro atoms. The molecule has 3 amide bonds. The topological polar surface area (TPSA) is 177 Å². The van der Waals surface area contributed by atoms with Crippen LogP contribution in [0.1, 0.15) is 45.1 Å². The summed E-state index contributed by atoms with van der Waals surface area (Å²) in [6, 6.07) is 6.36. The fourth-order valence-corrected chi connectivity index (χ4v) is 3.21. The normalized spacial score (nSPS) is 14.4. The number of nitrogens with two attached hydrogens (primary N) is 2. The van der Waals surface area contributed by atoms with Gasteiger partial charge in [0, 0.05) is 6.42 Å². The standard InChI is InChI=1S/C23H37N5O5/c1-3-15(2)20(28-21(31)17(25)11-7-8-12-24)23(33)27-18(22(32)26-14-19(29)30)13-16-9-5-4-6-10-16/h4-6,9-10,15,17-18,20H,3,7-8,11-14,24-25H2,1-2H3,(H,26,32)(H,27,33)(H,28,31)(H,29,30). The van der Waals surface area contributed by atoms with Crippen LogP contribution in [0.15, 0.2) is 30.3 Å². The van der Waals surface area contributed by atoms with Gasteiger partial charge in [-0.15, -0.1) is 0 Å². The molecule has 0 heterocycles. The number of nitrogens with one attached hydrogen (secondary N) is 3. The molecule has 0 radical (unpaired) electrons. The molecule has 0 fully saturated rings. The summed E-state index contributed by atoms with van der Waals surface area (Å²) in [5, 5.41) is 16.6. The zero-order valence-electron chi connectivity index (χ0n) is 19.4. The van der Waals surface area contributed by atoms with E-state index in [1.807, 2.05) is 19.9 Å². The van der Waals surface area contributed by atoms with Gasteiger partial charge in [-0.2, -0.15) is 0 Å². The second kappa shape index (κ2) is 15.0. The molecule has 0 saturated heterocycles. The number of carboxylic acids is 1. The molecule has 0 aliphatic carbocycles. The number of hydrogen-bond acceptors (Lipinski definition) is 6. The molecule has 10 heteroatoms. The Morgan fingerprint density at radius 1 is 1.00 bits per heavy atom. The molecule has 1 aromatic rings. The summed E-state index contributed by atoms with van der Waals surface area (Å²) in [6.45, 7) is 3.66. The summed E-state index contributed by atoms with van der Waals surface area (Å²) in [7, 11) is 0. The van der Waals surface area contributed by atoms with Crippen molar-refractivity contribution >= 4 is 23.7 Å². The zero-order valence-corrected chi connectivity index (χ0v) is 19.4. The van der Waals surface area contributed by atoms with Gasteiger partial charge in [0.05, 0.1) is 6.04 Å². The highest BCUT2D eigenvalue weighted by molar-refractivity contribution is 5.94. The van der Waals surface area contributed by atoms with Crippen molar-refractivity contribution in [1.82, 2.24) is 16.0 Å². The van der Waals surface area contributed by atoms with Gasteiger partial charge in [0.2, 0.25) is 17.7 Å². The quantitative estimate of drug-likeness (QED) is 0.197. The van der Waals surface area contributed by atoms with Crippen molar-refractivity contribution in [3.8, 4) is 0 Å². The van der Waals surface area contributed by atoms with Crippen LogP contribution in [0.4, 0.5) is 0 Å². The van der Waals surface area contributed by atoms with E-state index in [1.54, 1.807) is 24.3 Å². The van der Waals surface area contributed by atoms with Crippen LogP contribution >= 0.6 is 0 Å². The molecule has 0 aliphatic rings. The van der Waals surface area contributed by atoms with Crippen LogP contribution in [0.25, 0.3) is 0 Å². The molecule has 4 atom stereocenters. The summed E-state index contributed by atoms with van der Waals surface area (Å²) in [4.78, 5) is 49.2. The Morgan fingerprint density at radius 3 is 2.24 bits per heavy atom. The molecular weight excluding hydrogens is 426 g/mol. The summed E-state index contributed by atoms with van der Waals surface area (Å²) < 4.78 is 0. The first-order valence-corrected chi connectivity index (χ1v) is 11.3. The van der Waals surface area contributed by atoms with Crippen LogP contribution in [0.2, 0.25) is 0 Å². The number of amides is 3. The van der Waals surface area contributed by atoms with Gasteiger partial charge < -0.3 is 32.5 Å². The van der Waals surface area contributed by atoms with E-state index in [0.29, 0.717) is 25.8 Å². The maximum Gasteiger partial charge on any atom is 0.322 e. The predicted molar refractivity (Wildman–Crippen MR) is 125 cm³/mol. The summed E-state index contributed by atoms with van der Waals surface area (Å²) in [6.07, 6.45) is 2.68. The average Bonchev–Trinajstić information content (AvgIpc) is 2.80. The third-order valence-electron chi connectivity index (χ3n) is 5.43. The SMILES string of the molecule is CCC(C)C(NC(=O)C(N)CCCCN)C(=O)NC(Cc1ccccc1)C(=O)NCC(=O)O. The molecule has 4 unspecified atom stereocenters. The predicted octanol–water partition coefficient (Wildman–Crippen LogP) is -0.0981. The number of aliphatic carboxylic acids is 1. The van der Waals surface area contributed by atoms with E-state index in [0.717, 1.165) is 12.0 Å². The summed E-state index contributed by atoms with van der Waals surface area (Å²) in [5.74, 6) is -3.01. The Labute approximate surface area is 194 Å². The van der Waals surface area contributed by atoms with E-state index in [9.17, 15) is 19.2 Å². The van der Waals surface area contributed by atoms with Crippen LogP contribution in [0.3, 0.4) is 0 Å². The highest BCUT2D eigenvalue weighted by atomic mass is 16.4. The van der Waals surface area contributed by atoms with Crippen molar-refractivity contribution in [3.05, 3.63) is 35.9 Å². The third kappa shape index (κ3) is 10.5. The monoisotopic (exact) mass is 463 g/mol. The Bertz CT molecular complexity index is 774. The lowest BCUT2D eigenvalue weighted by atomic mass is 9.96. The molecular formula is C23H37N5O5. The van der Waals surface area contributed by atoms with Gasteiger partial charge in [0.1, 0.15) is 18.6 Å². The minimum absolute atomic E-state index is 0.164. The minimum Gasteiger partial charge on any atom is -0.480 e. The van der Waals surface area contributed by atoms with E-state index in [2.05, 4.69) is 16.0 Å². The van der Waals surface area contributed by atoms with Gasteiger partial charge in [-0.05, 0) is 30.9 Å². The largest absolute Gasteiger partial charge is 0.480 e. The number of rotatable bonds is 15. The van der Waals surface area contributed by atoms with Gasteiger partial charge in [-0.1, -0.05) is 57.0 Å². The highest BCUT2D eigenvalue weighted by Crippen LogP contribution is 2.11. The van der Waals surface area contributed by atoms with E-state index < -0.39 is 48.4 Å². The maximum absolute atomic E-state index is 13.1.